The third-order valence-electron chi connectivity index (χ3n) is 7.44. The number of hydrogen-bond donors (Lipinski definition) is 3. The van der Waals surface area contributed by atoms with E-state index in [0.29, 0.717) is 30.5 Å². The van der Waals surface area contributed by atoms with E-state index in [9.17, 15) is 14.6 Å². The van der Waals surface area contributed by atoms with Crippen LogP contribution < -0.4 is 15.1 Å². The molecule has 3 aromatic rings. The number of nitrogens with zero attached hydrogens (tertiary/aromatic N) is 7. The van der Waals surface area contributed by atoms with Gasteiger partial charge >= 0.3 is 0 Å². The highest BCUT2D eigenvalue weighted by Crippen LogP contribution is 2.50. The van der Waals surface area contributed by atoms with Crippen molar-refractivity contribution in [3.05, 3.63) is 24.5 Å². The summed E-state index contributed by atoms with van der Waals surface area (Å²) in [6.07, 6.45) is 3.19. The number of alkyl halides is 1. The van der Waals surface area contributed by atoms with Crippen LogP contribution in [0.2, 0.25) is 0 Å². The van der Waals surface area contributed by atoms with Gasteiger partial charge in [-0.2, -0.15) is 10.1 Å². The topological polar surface area (TPSA) is 115 Å². The van der Waals surface area contributed by atoms with E-state index in [1.54, 1.807) is 17.2 Å². The number of nitrogens with one attached hydrogen (secondary N) is 1. The third-order valence-corrected chi connectivity index (χ3v) is 7.44. The number of aromatic nitrogens is 5. The van der Waals surface area contributed by atoms with Gasteiger partial charge in [-0.25, -0.2) is 14.4 Å². The average molecular weight is 483 g/mol. The number of anilines is 4. The zero-order valence-corrected chi connectivity index (χ0v) is 20.0. The van der Waals surface area contributed by atoms with E-state index in [-0.39, 0.29) is 24.1 Å². The van der Waals surface area contributed by atoms with Crippen molar-refractivity contribution in [1.29, 1.82) is 0 Å². The van der Waals surface area contributed by atoms with Gasteiger partial charge in [-0.15, -0.1) is 0 Å². The number of rotatable bonds is 5. The van der Waals surface area contributed by atoms with Crippen molar-refractivity contribution >= 4 is 34.3 Å². The molecule has 10 nitrogen and oxygen atoms in total. The van der Waals surface area contributed by atoms with Gasteiger partial charge in [0.05, 0.1) is 29.7 Å². The molecule has 3 aromatic heterocycles. The summed E-state index contributed by atoms with van der Waals surface area (Å²) in [6, 6.07) is 3.90. The number of aliphatic hydroxyl groups is 2. The van der Waals surface area contributed by atoms with Crippen LogP contribution in [-0.4, -0.2) is 79.5 Å². The summed E-state index contributed by atoms with van der Waals surface area (Å²) in [7, 11) is 0. The Bertz CT molecular complexity index is 1240. The van der Waals surface area contributed by atoms with Crippen molar-refractivity contribution in [2.24, 2.45) is 5.41 Å². The van der Waals surface area contributed by atoms with Gasteiger partial charge in [0.15, 0.2) is 5.82 Å². The fourth-order valence-electron chi connectivity index (χ4n) is 5.60. The predicted octanol–water partition coefficient (Wildman–Crippen LogP) is 2.42. The highest BCUT2D eigenvalue weighted by molar-refractivity contribution is 5.92. The standard InChI is InChI=1S/C24H31FN8O2/c1-14(2)33-18-7-21(27-10-16(18)22(30-33)32-12-24(13-32)8-15(34)9-24)28-20-3-5-26-23(29-20)31-6-4-19(35)17(25)11-31/h3,5,7,10,14-15,17,19,34-35H,4,6,8-9,11-13H2,1-2H3,(H,26,27,28,29)/t17-,19+/m0/s1. The Morgan fingerprint density at radius 3 is 2.66 bits per heavy atom. The van der Waals surface area contributed by atoms with E-state index < -0.39 is 12.3 Å². The SMILES string of the molecule is CC(C)n1nc(N2CC3(CC(O)C3)C2)c2cnc(Nc3ccnc(N4CC[C@@H](O)[C@@H](F)C4)n3)cc21. The molecule has 0 aromatic carbocycles. The molecule has 3 fully saturated rings. The van der Waals surface area contributed by atoms with Crippen molar-refractivity contribution in [2.75, 3.05) is 41.3 Å². The maximum Gasteiger partial charge on any atom is 0.227 e. The van der Waals surface area contributed by atoms with Gasteiger partial charge in [0.1, 0.15) is 17.8 Å². The Morgan fingerprint density at radius 2 is 1.94 bits per heavy atom. The lowest BCUT2D eigenvalue weighted by molar-refractivity contribution is -0.0493. The summed E-state index contributed by atoms with van der Waals surface area (Å²) in [4.78, 5) is 17.5. The van der Waals surface area contributed by atoms with E-state index in [4.69, 9.17) is 5.10 Å². The normalized spacial score (nSPS) is 24.2. The molecule has 3 aliphatic rings. The van der Waals surface area contributed by atoms with Crippen molar-refractivity contribution in [3.63, 3.8) is 0 Å². The fourth-order valence-corrected chi connectivity index (χ4v) is 5.60. The Balaban J connectivity index is 1.23. The molecule has 1 aliphatic carbocycles. The number of aliphatic hydroxyl groups excluding tert-OH is 2. The molecule has 3 N–H and O–H groups in total. The van der Waals surface area contributed by atoms with Gasteiger partial charge in [0, 0.05) is 49.6 Å². The molecule has 2 saturated heterocycles. The molecular weight excluding hydrogens is 451 g/mol. The lowest BCUT2D eigenvalue weighted by Gasteiger charge is -2.58. The van der Waals surface area contributed by atoms with E-state index in [0.717, 1.165) is 42.7 Å². The smallest absolute Gasteiger partial charge is 0.227 e. The summed E-state index contributed by atoms with van der Waals surface area (Å²) in [6.45, 7) is 6.63. The lowest BCUT2D eigenvalue weighted by Crippen LogP contribution is -2.64. The molecular formula is C24H31FN8O2. The zero-order chi connectivity index (χ0) is 24.3. The Hall–Kier alpha value is -3.05. The maximum absolute atomic E-state index is 14.0. The first-order valence-electron chi connectivity index (χ1n) is 12.3. The number of fused-ring (bicyclic) bond motifs is 1. The number of piperidine rings is 1. The fraction of sp³-hybridized carbons (Fsp3) is 0.583. The molecule has 0 radical (unpaired) electrons. The molecule has 0 bridgehead atoms. The minimum atomic E-state index is -1.31. The summed E-state index contributed by atoms with van der Waals surface area (Å²) < 4.78 is 16.0. The zero-order valence-electron chi connectivity index (χ0n) is 20.0. The second-order valence-electron chi connectivity index (χ2n) is 10.6. The molecule has 11 heteroatoms. The summed E-state index contributed by atoms with van der Waals surface area (Å²) in [5, 5.41) is 28.6. The second-order valence-corrected chi connectivity index (χ2v) is 10.6. The van der Waals surface area contributed by atoms with Gasteiger partial charge in [-0.3, -0.25) is 4.68 Å². The number of pyridine rings is 1. The van der Waals surface area contributed by atoms with Gasteiger partial charge in [0.25, 0.3) is 0 Å². The number of halogens is 1. The van der Waals surface area contributed by atoms with Crippen LogP contribution in [0.3, 0.4) is 0 Å². The van der Waals surface area contributed by atoms with E-state index in [2.05, 4.69) is 39.0 Å². The summed E-state index contributed by atoms with van der Waals surface area (Å²) in [5.41, 5.74) is 1.24. The summed E-state index contributed by atoms with van der Waals surface area (Å²) >= 11 is 0. The quantitative estimate of drug-likeness (QED) is 0.504. The average Bonchev–Trinajstić information content (AvgIpc) is 3.16. The Kier molecular flexibility index (Phi) is 5.29. The highest BCUT2D eigenvalue weighted by atomic mass is 19.1. The van der Waals surface area contributed by atoms with Crippen LogP contribution in [0, 0.1) is 5.41 Å². The second kappa shape index (κ2) is 8.27. The van der Waals surface area contributed by atoms with Crippen LogP contribution in [-0.2, 0) is 0 Å². The number of hydrogen-bond acceptors (Lipinski definition) is 9. The van der Waals surface area contributed by atoms with Crippen LogP contribution in [0.1, 0.15) is 39.2 Å². The lowest BCUT2D eigenvalue weighted by atomic mass is 9.62. The van der Waals surface area contributed by atoms with Gasteiger partial charge in [0.2, 0.25) is 5.95 Å². The summed E-state index contributed by atoms with van der Waals surface area (Å²) in [5.74, 6) is 2.56. The molecule has 2 aliphatic heterocycles. The highest BCUT2D eigenvalue weighted by Gasteiger charge is 2.52. The molecule has 6 rings (SSSR count). The monoisotopic (exact) mass is 482 g/mol. The van der Waals surface area contributed by atoms with Gasteiger partial charge in [-0.05, 0) is 39.2 Å². The van der Waals surface area contributed by atoms with Crippen molar-refractivity contribution in [2.45, 2.75) is 57.5 Å². The first-order chi connectivity index (χ1) is 16.8. The minimum Gasteiger partial charge on any atom is -0.393 e. The van der Waals surface area contributed by atoms with Gasteiger partial charge in [-0.1, -0.05) is 0 Å². The molecule has 5 heterocycles. The molecule has 2 atom stereocenters. The molecule has 0 amide bonds. The molecule has 35 heavy (non-hydrogen) atoms. The van der Waals surface area contributed by atoms with Crippen molar-refractivity contribution in [1.82, 2.24) is 24.7 Å². The third kappa shape index (κ3) is 3.96. The van der Waals surface area contributed by atoms with E-state index in [1.165, 1.54) is 0 Å². The first kappa shape index (κ1) is 22.4. The molecule has 1 saturated carbocycles. The van der Waals surface area contributed by atoms with E-state index >= 15 is 0 Å². The molecule has 186 valence electrons. The van der Waals surface area contributed by atoms with Crippen molar-refractivity contribution in [3.8, 4) is 0 Å². The van der Waals surface area contributed by atoms with E-state index in [1.807, 2.05) is 16.9 Å². The Morgan fingerprint density at radius 1 is 1.14 bits per heavy atom. The van der Waals surface area contributed by atoms with Crippen LogP contribution in [0.4, 0.5) is 27.8 Å². The largest absolute Gasteiger partial charge is 0.393 e. The Labute approximate surface area is 202 Å². The van der Waals surface area contributed by atoms with Crippen LogP contribution in [0.25, 0.3) is 10.9 Å². The van der Waals surface area contributed by atoms with Crippen molar-refractivity contribution < 1.29 is 14.6 Å². The predicted molar refractivity (Wildman–Crippen MR) is 131 cm³/mol. The van der Waals surface area contributed by atoms with Gasteiger partial charge < -0.3 is 25.3 Å². The first-order valence-corrected chi connectivity index (χ1v) is 12.3. The molecule has 1 spiro atoms. The maximum atomic E-state index is 14.0. The van der Waals surface area contributed by atoms with Crippen LogP contribution >= 0.6 is 0 Å². The molecule has 0 unspecified atom stereocenters. The van der Waals surface area contributed by atoms with Crippen LogP contribution in [0.15, 0.2) is 24.5 Å². The minimum absolute atomic E-state index is 0.0714. The van der Waals surface area contributed by atoms with Crippen LogP contribution in [0.5, 0.6) is 0 Å².